The number of fused-ring (bicyclic) bond motifs is 5. The molecule has 10 aromatic carbocycles. The summed E-state index contributed by atoms with van der Waals surface area (Å²) in [6.07, 6.45) is 0.780. The molecule has 0 unspecified atom stereocenters. The van der Waals surface area contributed by atoms with Crippen molar-refractivity contribution in [3.8, 4) is 56.9 Å². The fourth-order valence-corrected chi connectivity index (χ4v) is 17.0. The second-order valence-corrected chi connectivity index (χ2v) is 34.4. The highest BCUT2D eigenvalue weighted by Gasteiger charge is 2.42. The molecule has 0 atom stereocenters. The summed E-state index contributed by atoms with van der Waals surface area (Å²) in [6, 6.07) is 77.8. The first-order valence-corrected chi connectivity index (χ1v) is 45.6. The van der Waals surface area contributed by atoms with Crippen LogP contribution in [0.5, 0.6) is 0 Å². The van der Waals surface area contributed by atoms with E-state index in [1.807, 2.05) is 293 Å². The van der Waals surface area contributed by atoms with Gasteiger partial charge in [-0.1, -0.05) is 252 Å². The minimum absolute atomic E-state index is 0.00694. The lowest BCUT2D eigenvalue weighted by Crippen LogP contribution is -2.25. The molecule has 0 saturated carbocycles. The summed E-state index contributed by atoms with van der Waals surface area (Å²) in [4.78, 5) is 149. The molecule has 5 aromatic heterocycles. The van der Waals surface area contributed by atoms with Gasteiger partial charge in [0.25, 0.3) is 11.8 Å². The van der Waals surface area contributed by atoms with Crippen LogP contribution in [-0.4, -0.2) is 128 Å². The first kappa shape index (κ1) is 96.1. The van der Waals surface area contributed by atoms with Crippen LogP contribution in [-0.2, 0) is 74.0 Å². The zero-order valence-corrected chi connectivity index (χ0v) is 79.6. The van der Waals surface area contributed by atoms with E-state index < -0.39 is 11.8 Å². The largest absolute Gasteiger partial charge is 0.409 e. The summed E-state index contributed by atoms with van der Waals surface area (Å²) < 4.78 is 0. The molecule has 5 aliphatic heterocycles. The van der Waals surface area contributed by atoms with Crippen molar-refractivity contribution in [1.29, 1.82) is 0 Å². The van der Waals surface area contributed by atoms with Gasteiger partial charge in [0.05, 0.1) is 79.0 Å². The Kier molecular flexibility index (Phi) is 28.9. The number of anilines is 10. The topological polar surface area (TPSA) is 401 Å². The zero-order chi connectivity index (χ0) is 98.9. The maximum Gasteiger partial charge on any atom is 0.293 e. The highest BCUT2D eigenvalue weighted by atomic mass is 16.6. The number of amidine groups is 1. The number of rotatable bonds is 19. The van der Waals surface area contributed by atoms with Gasteiger partial charge in [-0.15, -0.1) is 0 Å². The van der Waals surface area contributed by atoms with Gasteiger partial charge in [0.1, 0.15) is 46.2 Å². The van der Waals surface area contributed by atoms with Crippen LogP contribution in [0, 0.1) is 69.2 Å². The fourth-order valence-electron chi connectivity index (χ4n) is 17.0. The molecule has 31 nitrogen and oxygen atoms in total. The molecule has 0 fully saturated rings. The van der Waals surface area contributed by atoms with E-state index in [2.05, 4.69) is 84.1 Å². The summed E-state index contributed by atoms with van der Waals surface area (Å²) in [5.74, 6) is 3.20. The molecule has 31 heteroatoms. The van der Waals surface area contributed by atoms with E-state index in [-0.39, 0.29) is 71.7 Å². The molecule has 0 aliphatic carbocycles. The quantitative estimate of drug-likeness (QED) is 0.0130. The number of nitrogens with two attached hydrogens (primary N) is 1. The van der Waals surface area contributed by atoms with Crippen molar-refractivity contribution in [2.24, 2.45) is 10.9 Å². The number of hydrogen-bond donors (Lipinski definition) is 7. The third-order valence-electron chi connectivity index (χ3n) is 24.3. The highest BCUT2D eigenvalue weighted by molar-refractivity contribution is 6.14. The fraction of sp³-hybridized carbons (Fsp3) is 0.193. The Hall–Kier alpha value is -17.0. The molecule has 0 radical (unpaired) electrons. The van der Waals surface area contributed by atoms with E-state index in [1.165, 1.54) is 23.1 Å². The van der Waals surface area contributed by atoms with Crippen molar-refractivity contribution >= 4 is 105 Å². The SMILES string of the molecule is CCNCc1nc(-c2ccc(C)cc2)nc2c1CC(=O)N2c1ccccc1C.CNCc1nc(-c2ccc(C)cc2)nc2c1CC(=O)N2c1ccccc1C.CONC(=O)c1nc(-c2ccc(C)cc2)nc2c1CC(=O)N2c1ccccc1C.Cc1ccc(-c2nc(C(=O)NO)c3c(n2)N(c2ccccc2C)C(=O)C3)cc1.Cc1ccc(-c2nc(C(N)=NO)c3c(n2)N(c2ccccc2C)C(=O)C3)cc1. The summed E-state index contributed by atoms with van der Waals surface area (Å²) in [5, 5.41) is 28.0. The second-order valence-electron chi connectivity index (χ2n) is 34.4. The molecule has 8 N–H and O–H groups in total. The third-order valence-corrected chi connectivity index (χ3v) is 24.3. The van der Waals surface area contributed by atoms with Crippen LogP contribution < -0.4 is 51.8 Å². The normalized spacial score (nSPS) is 13.1. The Morgan fingerprint density at radius 1 is 0.343 bits per heavy atom. The minimum Gasteiger partial charge on any atom is -0.409 e. The molecule has 15 aromatic rings. The Balaban J connectivity index is 0.000000126. The van der Waals surface area contributed by atoms with Gasteiger partial charge in [-0.3, -0.25) is 68.1 Å². The van der Waals surface area contributed by atoms with E-state index in [4.69, 9.17) is 35.7 Å². The first-order chi connectivity index (χ1) is 67.6. The number of oxime groups is 1. The van der Waals surface area contributed by atoms with Crippen molar-refractivity contribution in [2.45, 2.75) is 121 Å². The second kappa shape index (κ2) is 42.1. The van der Waals surface area contributed by atoms with Gasteiger partial charge in [-0.05, 0) is 141 Å². The van der Waals surface area contributed by atoms with Gasteiger partial charge >= 0.3 is 0 Å². The molecular weight excluding hydrogens is 1760 g/mol. The minimum atomic E-state index is -0.772. The number of aromatic nitrogens is 10. The maximum absolute atomic E-state index is 12.9. The Bertz CT molecular complexity index is 7370. The predicted octanol–water partition coefficient (Wildman–Crippen LogP) is 17.2. The molecule has 20 rings (SSSR count). The maximum atomic E-state index is 12.9. The highest BCUT2D eigenvalue weighted by Crippen LogP contribution is 2.45. The number of benzene rings is 10. The summed E-state index contributed by atoms with van der Waals surface area (Å²) in [5.41, 5.74) is 33.9. The summed E-state index contributed by atoms with van der Waals surface area (Å²) in [6.45, 7) is 24.0. The van der Waals surface area contributed by atoms with E-state index >= 15 is 0 Å². The number of hydrogen-bond acceptors (Lipinski definition) is 23. The van der Waals surface area contributed by atoms with Gasteiger partial charge in [0, 0.05) is 68.7 Å². The number of nitrogens with one attached hydrogen (secondary N) is 4. The lowest BCUT2D eigenvalue weighted by atomic mass is 10.1. The van der Waals surface area contributed by atoms with Crippen molar-refractivity contribution in [2.75, 3.05) is 45.2 Å². The van der Waals surface area contributed by atoms with Gasteiger partial charge in [-0.2, -0.15) is 0 Å². The van der Waals surface area contributed by atoms with E-state index in [1.54, 1.807) is 25.1 Å². The molecule has 10 heterocycles. The number of carbonyl (C=O) groups excluding carboxylic acids is 7. The van der Waals surface area contributed by atoms with E-state index in [0.29, 0.717) is 112 Å². The van der Waals surface area contributed by atoms with Crippen molar-refractivity contribution in [3.05, 3.63) is 355 Å². The predicted molar refractivity (Wildman–Crippen MR) is 538 cm³/mol. The molecule has 0 bridgehead atoms. The molecule has 7 amide bonds. The van der Waals surface area contributed by atoms with Gasteiger partial charge in [-0.25, -0.2) is 60.8 Å². The summed E-state index contributed by atoms with van der Waals surface area (Å²) in [7, 11) is 3.24. The number of nitrogens with zero attached hydrogens (tertiary/aromatic N) is 16. The number of aryl methyl sites for hydroxylation is 10. The Labute approximate surface area is 809 Å². The van der Waals surface area contributed by atoms with E-state index in [0.717, 1.165) is 119 Å². The number of amides is 7. The average molecular weight is 1870 g/mol. The zero-order valence-electron chi connectivity index (χ0n) is 79.6. The number of para-hydroxylation sites is 5. The molecule has 5 aliphatic rings. The van der Waals surface area contributed by atoms with Crippen molar-refractivity contribution in [3.63, 3.8) is 0 Å². The smallest absolute Gasteiger partial charge is 0.293 e. The van der Waals surface area contributed by atoms with Crippen LogP contribution in [0.1, 0.15) is 128 Å². The Morgan fingerprint density at radius 2 is 0.586 bits per heavy atom. The molecule has 704 valence electrons. The third kappa shape index (κ3) is 20.2. The van der Waals surface area contributed by atoms with Gasteiger partial charge < -0.3 is 21.6 Å². The van der Waals surface area contributed by atoms with Gasteiger partial charge in [0.2, 0.25) is 29.5 Å². The van der Waals surface area contributed by atoms with E-state index in [9.17, 15) is 38.8 Å². The van der Waals surface area contributed by atoms with Gasteiger partial charge in [0.15, 0.2) is 35.0 Å². The van der Waals surface area contributed by atoms with Crippen LogP contribution >= 0.6 is 0 Å². The molecule has 140 heavy (non-hydrogen) atoms. The lowest BCUT2D eigenvalue weighted by Gasteiger charge is -2.20. The van der Waals surface area contributed by atoms with Crippen molar-refractivity contribution in [1.82, 2.24) is 71.4 Å². The van der Waals surface area contributed by atoms with Crippen LogP contribution in [0.25, 0.3) is 56.9 Å². The van der Waals surface area contributed by atoms with Crippen LogP contribution in [0.4, 0.5) is 57.5 Å². The van der Waals surface area contributed by atoms with Crippen molar-refractivity contribution < 1.29 is 48.8 Å². The van der Waals surface area contributed by atoms with Crippen LogP contribution in [0.15, 0.2) is 248 Å². The molecule has 0 saturated heterocycles. The molecular formula is C109H103N21O10. The number of hydroxylamine groups is 2. The van der Waals surface area contributed by atoms with Crippen LogP contribution in [0.3, 0.4) is 0 Å². The summed E-state index contributed by atoms with van der Waals surface area (Å²) >= 11 is 0. The average Bonchev–Trinajstić information content (AvgIpc) is 1.63. The first-order valence-electron chi connectivity index (χ1n) is 45.6. The van der Waals surface area contributed by atoms with Crippen LogP contribution in [0.2, 0.25) is 0 Å². The molecule has 0 spiro atoms. The Morgan fingerprint density at radius 3 is 0.843 bits per heavy atom. The standard InChI is InChI=1S/C23H24N4O.C22H20N4O3.C22H22N4O.C21H19N5O2.C21H18N4O3/c1-4-24-14-19-18-13-21(28)27(20-8-6-5-7-16(20)3)23(18)26-22(25-19)17-11-9-15(2)10-12-17;1-13-8-10-15(11-9-13)20-23-19(22(28)25-29-3)16-12-18(27)26(21(16)24-20)17-7-5-4-6-14(17)2;1-14-8-10-16(11-9-14)21-24-18(13-23-3)17-12-20(27)26(22(17)25-21)19-7-5-4-6-15(19)2;1-12-7-9-14(10-8-12)20-23-18(19(22)25-28)15-11-17(27)26(21(15)24-20)16-6-4-3-5-13(16)2;1-12-7-9-14(10-8-12)19-22-18(21(27)24-28)15-11-17(26)25(20(15)23-19)16-6-4-3-5-13(16)2/h5-12,24H,4,13-14H2,1-3H3;4-11H,12H2,1-3H3,(H,25,28);4-11,23H,12-13H2,1-3H3;3-10,28H,11H2,1-2H3,(H2,22,25);3-10,28H,11H2,1-2H3,(H,24,27). The monoisotopic (exact) mass is 1870 g/mol. The number of carbonyl (C=O) groups is 7. The lowest BCUT2D eigenvalue weighted by molar-refractivity contribution is -0.117.